The molecule has 0 radical (unpaired) electrons. The van der Waals surface area contributed by atoms with Gasteiger partial charge in [-0.2, -0.15) is 0 Å². The van der Waals surface area contributed by atoms with Crippen molar-refractivity contribution in [3.63, 3.8) is 0 Å². The highest BCUT2D eigenvalue weighted by molar-refractivity contribution is 6.00. The van der Waals surface area contributed by atoms with E-state index in [4.69, 9.17) is 15.2 Å². The summed E-state index contributed by atoms with van der Waals surface area (Å²) in [7, 11) is 0. The number of anilines is 1. The van der Waals surface area contributed by atoms with Crippen LogP contribution in [-0.4, -0.2) is 28.8 Å². The molecule has 3 N–H and O–H groups in total. The minimum Gasteiger partial charge on any atom is -0.454 e. The zero-order valence-corrected chi connectivity index (χ0v) is 10.7. The highest BCUT2D eigenvalue weighted by Gasteiger charge is 2.19. The SMILES string of the molecule is Nc1cc2c(cc1C(=O)NCCn1ccnc1)OCO2. The summed E-state index contributed by atoms with van der Waals surface area (Å²) in [5.74, 6) is 0.873. The summed E-state index contributed by atoms with van der Waals surface area (Å²) in [4.78, 5) is 16.0. The Bertz CT molecular complexity index is 625. The second kappa shape index (κ2) is 5.12. The molecule has 7 nitrogen and oxygen atoms in total. The summed E-state index contributed by atoms with van der Waals surface area (Å²) in [5, 5.41) is 2.81. The predicted molar refractivity (Wildman–Crippen MR) is 71.5 cm³/mol. The lowest BCUT2D eigenvalue weighted by Gasteiger charge is -2.09. The molecule has 0 fully saturated rings. The van der Waals surface area contributed by atoms with Crippen LogP contribution < -0.4 is 20.5 Å². The van der Waals surface area contributed by atoms with Crippen molar-refractivity contribution in [3.05, 3.63) is 36.4 Å². The number of aromatic nitrogens is 2. The molecular formula is C13H14N4O3. The predicted octanol–water partition coefficient (Wildman–Crippen LogP) is 0.624. The van der Waals surface area contributed by atoms with Gasteiger partial charge in [0.25, 0.3) is 5.91 Å². The van der Waals surface area contributed by atoms with Crippen LogP contribution in [0.1, 0.15) is 10.4 Å². The van der Waals surface area contributed by atoms with E-state index < -0.39 is 0 Å². The first-order valence-electron chi connectivity index (χ1n) is 6.17. The molecule has 0 bridgehead atoms. The van der Waals surface area contributed by atoms with Crippen LogP contribution in [0.3, 0.4) is 0 Å². The second-order valence-corrected chi connectivity index (χ2v) is 4.35. The zero-order chi connectivity index (χ0) is 13.9. The Morgan fingerprint density at radius 1 is 1.40 bits per heavy atom. The number of fused-ring (bicyclic) bond motifs is 1. The van der Waals surface area contributed by atoms with Gasteiger partial charge in [-0.05, 0) is 6.07 Å². The van der Waals surface area contributed by atoms with Crippen LogP contribution in [0.4, 0.5) is 5.69 Å². The van der Waals surface area contributed by atoms with Crippen molar-refractivity contribution < 1.29 is 14.3 Å². The molecule has 0 unspecified atom stereocenters. The molecule has 1 amide bonds. The zero-order valence-electron chi connectivity index (χ0n) is 10.7. The number of rotatable bonds is 4. The van der Waals surface area contributed by atoms with Crippen molar-refractivity contribution in [2.75, 3.05) is 19.1 Å². The van der Waals surface area contributed by atoms with Gasteiger partial charge in [-0.3, -0.25) is 4.79 Å². The highest BCUT2D eigenvalue weighted by Crippen LogP contribution is 2.35. The van der Waals surface area contributed by atoms with Gasteiger partial charge in [-0.25, -0.2) is 4.98 Å². The van der Waals surface area contributed by atoms with E-state index in [1.54, 1.807) is 24.7 Å². The first-order valence-corrected chi connectivity index (χ1v) is 6.17. The molecule has 20 heavy (non-hydrogen) atoms. The molecule has 2 heterocycles. The van der Waals surface area contributed by atoms with Gasteiger partial charge in [0.2, 0.25) is 6.79 Å². The maximum absolute atomic E-state index is 12.1. The Balaban J connectivity index is 1.65. The number of nitrogens with two attached hydrogens (primary N) is 1. The Morgan fingerprint density at radius 3 is 2.95 bits per heavy atom. The lowest BCUT2D eigenvalue weighted by Crippen LogP contribution is -2.27. The second-order valence-electron chi connectivity index (χ2n) is 4.35. The number of nitrogen functional groups attached to an aromatic ring is 1. The number of amides is 1. The highest BCUT2D eigenvalue weighted by atomic mass is 16.7. The lowest BCUT2D eigenvalue weighted by atomic mass is 10.1. The van der Waals surface area contributed by atoms with E-state index in [0.717, 1.165) is 0 Å². The van der Waals surface area contributed by atoms with E-state index >= 15 is 0 Å². The van der Waals surface area contributed by atoms with Crippen molar-refractivity contribution >= 4 is 11.6 Å². The monoisotopic (exact) mass is 274 g/mol. The van der Waals surface area contributed by atoms with Crippen LogP contribution in [0.15, 0.2) is 30.9 Å². The number of ether oxygens (including phenoxy) is 2. The Labute approximate surface area is 115 Å². The van der Waals surface area contributed by atoms with Gasteiger partial charge in [0, 0.05) is 37.2 Å². The number of carbonyl (C=O) groups is 1. The standard InChI is InChI=1S/C13H14N4O3/c14-10-6-12-11(19-8-20-12)5-9(10)13(18)16-2-4-17-3-1-15-7-17/h1,3,5-7H,2,4,8,14H2,(H,16,18). The van der Waals surface area contributed by atoms with Crippen molar-refractivity contribution in [2.45, 2.75) is 6.54 Å². The minimum atomic E-state index is -0.235. The summed E-state index contributed by atoms with van der Waals surface area (Å²) in [5.41, 5.74) is 6.61. The third-order valence-electron chi connectivity index (χ3n) is 3.00. The Kier molecular flexibility index (Phi) is 3.16. The average Bonchev–Trinajstić information content (AvgIpc) is 3.08. The molecule has 1 aliphatic heterocycles. The smallest absolute Gasteiger partial charge is 0.253 e. The lowest BCUT2D eigenvalue weighted by molar-refractivity contribution is 0.0952. The summed E-state index contributed by atoms with van der Waals surface area (Å²) < 4.78 is 12.3. The van der Waals surface area contributed by atoms with Gasteiger partial charge < -0.3 is 25.1 Å². The van der Waals surface area contributed by atoms with Gasteiger partial charge in [-0.1, -0.05) is 0 Å². The molecule has 0 atom stereocenters. The number of hydrogen-bond donors (Lipinski definition) is 2. The molecular weight excluding hydrogens is 260 g/mol. The molecule has 1 aliphatic rings. The summed E-state index contributed by atoms with van der Waals surface area (Å²) in [6.07, 6.45) is 5.22. The van der Waals surface area contributed by atoms with Crippen LogP contribution in [0.5, 0.6) is 11.5 Å². The molecule has 0 aliphatic carbocycles. The Hall–Kier alpha value is -2.70. The molecule has 1 aromatic carbocycles. The number of carbonyl (C=O) groups excluding carboxylic acids is 1. The van der Waals surface area contributed by atoms with Gasteiger partial charge >= 0.3 is 0 Å². The normalized spacial score (nSPS) is 12.4. The van der Waals surface area contributed by atoms with E-state index in [1.165, 1.54) is 0 Å². The number of imidazole rings is 1. The molecule has 7 heteroatoms. The molecule has 1 aromatic heterocycles. The fraction of sp³-hybridized carbons (Fsp3) is 0.231. The van der Waals surface area contributed by atoms with Crippen LogP contribution >= 0.6 is 0 Å². The maximum atomic E-state index is 12.1. The van der Waals surface area contributed by atoms with Crippen LogP contribution in [0, 0.1) is 0 Å². The third-order valence-corrected chi connectivity index (χ3v) is 3.00. The molecule has 0 saturated carbocycles. The van der Waals surface area contributed by atoms with Gasteiger partial charge in [-0.15, -0.1) is 0 Å². The molecule has 2 aromatic rings. The first-order chi connectivity index (χ1) is 9.74. The van der Waals surface area contributed by atoms with E-state index in [-0.39, 0.29) is 12.7 Å². The largest absolute Gasteiger partial charge is 0.454 e. The van der Waals surface area contributed by atoms with Crippen molar-refractivity contribution in [3.8, 4) is 11.5 Å². The Morgan fingerprint density at radius 2 is 2.20 bits per heavy atom. The van der Waals surface area contributed by atoms with E-state index in [0.29, 0.717) is 35.8 Å². The fourth-order valence-corrected chi connectivity index (χ4v) is 1.97. The first kappa shape index (κ1) is 12.3. The summed E-state index contributed by atoms with van der Waals surface area (Å²) >= 11 is 0. The van der Waals surface area contributed by atoms with E-state index in [9.17, 15) is 4.79 Å². The van der Waals surface area contributed by atoms with E-state index in [2.05, 4.69) is 10.3 Å². The topological polar surface area (TPSA) is 91.4 Å². The quantitative estimate of drug-likeness (QED) is 0.798. The number of nitrogens with one attached hydrogen (secondary N) is 1. The molecule has 104 valence electrons. The summed E-state index contributed by atoms with van der Waals surface area (Å²) in [6.45, 7) is 1.29. The van der Waals surface area contributed by atoms with Crippen molar-refractivity contribution in [1.82, 2.24) is 14.9 Å². The van der Waals surface area contributed by atoms with Crippen molar-refractivity contribution in [1.29, 1.82) is 0 Å². The van der Waals surface area contributed by atoms with Gasteiger partial charge in [0.05, 0.1) is 11.9 Å². The van der Waals surface area contributed by atoms with Crippen LogP contribution in [0.2, 0.25) is 0 Å². The number of benzene rings is 1. The summed E-state index contributed by atoms with van der Waals surface area (Å²) in [6, 6.07) is 3.21. The van der Waals surface area contributed by atoms with Gasteiger partial charge in [0.1, 0.15) is 0 Å². The van der Waals surface area contributed by atoms with E-state index in [1.807, 2.05) is 10.8 Å². The minimum absolute atomic E-state index is 0.153. The van der Waals surface area contributed by atoms with Crippen molar-refractivity contribution in [2.24, 2.45) is 0 Å². The van der Waals surface area contributed by atoms with Gasteiger partial charge in [0.15, 0.2) is 11.5 Å². The molecule has 0 saturated heterocycles. The molecule has 3 rings (SSSR count). The average molecular weight is 274 g/mol. The van der Waals surface area contributed by atoms with Crippen LogP contribution in [-0.2, 0) is 6.54 Å². The number of nitrogens with zero attached hydrogens (tertiary/aromatic N) is 2. The number of hydrogen-bond acceptors (Lipinski definition) is 5. The third kappa shape index (κ3) is 2.37. The molecule has 0 spiro atoms. The maximum Gasteiger partial charge on any atom is 0.253 e. The van der Waals surface area contributed by atoms with Crippen LogP contribution in [0.25, 0.3) is 0 Å². The fourth-order valence-electron chi connectivity index (χ4n) is 1.97.